The molecule has 0 saturated heterocycles. The maximum absolute atomic E-state index is 12.1. The van der Waals surface area contributed by atoms with Crippen molar-refractivity contribution in [1.82, 2.24) is 5.32 Å². The number of amides is 1. The van der Waals surface area contributed by atoms with Crippen LogP contribution in [-0.2, 0) is 11.2 Å². The normalized spacial score (nSPS) is 16.0. The van der Waals surface area contributed by atoms with Gasteiger partial charge >= 0.3 is 0 Å². The molecule has 0 aromatic heterocycles. The van der Waals surface area contributed by atoms with E-state index in [0.717, 1.165) is 25.7 Å². The lowest BCUT2D eigenvalue weighted by atomic mass is 9.97. The van der Waals surface area contributed by atoms with Crippen LogP contribution in [0.15, 0.2) is 24.3 Å². The number of halogens is 1. The number of benzene rings is 1. The molecule has 21 heavy (non-hydrogen) atoms. The van der Waals surface area contributed by atoms with Gasteiger partial charge in [-0.1, -0.05) is 25.0 Å². The Morgan fingerprint density at radius 2 is 2.05 bits per heavy atom. The highest BCUT2D eigenvalue weighted by atomic mass is 35.5. The Hall–Kier alpha value is -1.66. The van der Waals surface area contributed by atoms with Crippen LogP contribution in [-0.4, -0.2) is 22.9 Å². The number of nitro groups is 1. The van der Waals surface area contributed by atoms with Crippen LogP contribution in [0, 0.1) is 10.1 Å². The molecule has 1 fully saturated rings. The maximum atomic E-state index is 12.1. The van der Waals surface area contributed by atoms with E-state index in [2.05, 4.69) is 5.32 Å². The van der Waals surface area contributed by atoms with Crippen molar-refractivity contribution in [3.63, 3.8) is 0 Å². The minimum atomic E-state index is -0.459. The van der Waals surface area contributed by atoms with Crippen LogP contribution in [0.2, 0.25) is 0 Å². The van der Waals surface area contributed by atoms with Crippen LogP contribution in [0.1, 0.15) is 31.2 Å². The van der Waals surface area contributed by atoms with Gasteiger partial charge in [0.15, 0.2) is 0 Å². The molecule has 0 aliphatic heterocycles. The maximum Gasteiger partial charge on any atom is 0.269 e. The van der Waals surface area contributed by atoms with E-state index in [1.165, 1.54) is 12.1 Å². The quantitative estimate of drug-likeness (QED) is 0.641. The summed E-state index contributed by atoms with van der Waals surface area (Å²) < 4.78 is 0. The first-order valence-electron chi connectivity index (χ1n) is 6.79. The highest BCUT2D eigenvalue weighted by Gasteiger charge is 2.33. The molecule has 1 amide bonds. The number of hydrogen-bond donors (Lipinski definition) is 2. The summed E-state index contributed by atoms with van der Waals surface area (Å²) in [5, 5.41) is 13.7. The first-order chi connectivity index (χ1) is 9.54. The summed E-state index contributed by atoms with van der Waals surface area (Å²) in [6.07, 6.45) is 4.11. The number of nitrogens with zero attached hydrogens (tertiary/aromatic N) is 1. The second kappa shape index (κ2) is 7.38. The largest absolute Gasteiger partial charge is 0.349 e. The fourth-order valence-corrected chi connectivity index (χ4v) is 2.74. The van der Waals surface area contributed by atoms with Crippen LogP contribution >= 0.6 is 12.4 Å². The number of rotatable bonds is 5. The Kier molecular flexibility index (Phi) is 6.11. The zero-order valence-electron chi connectivity index (χ0n) is 11.7. The van der Waals surface area contributed by atoms with Crippen LogP contribution < -0.4 is 11.1 Å². The van der Waals surface area contributed by atoms with Crippen molar-refractivity contribution < 1.29 is 9.72 Å². The van der Waals surface area contributed by atoms with E-state index >= 15 is 0 Å². The molecule has 116 valence electrons. The third-order valence-electron chi connectivity index (χ3n) is 3.84. The molecule has 6 nitrogen and oxygen atoms in total. The predicted molar refractivity (Wildman–Crippen MR) is 82.4 cm³/mol. The third kappa shape index (κ3) is 4.41. The van der Waals surface area contributed by atoms with E-state index in [9.17, 15) is 14.9 Å². The van der Waals surface area contributed by atoms with E-state index < -0.39 is 4.92 Å². The summed E-state index contributed by atoms with van der Waals surface area (Å²) in [6, 6.07) is 6.16. The molecule has 2 rings (SSSR count). The molecule has 0 atom stereocenters. The second-order valence-electron chi connectivity index (χ2n) is 5.34. The predicted octanol–water partition coefficient (Wildman–Crippen LogP) is 1.95. The van der Waals surface area contributed by atoms with Crippen LogP contribution in [0.5, 0.6) is 0 Å². The standard InChI is InChI=1S/C14H19N3O3.ClH/c15-10-14(6-1-2-7-14)16-13(18)9-11-4-3-5-12(8-11)17(19)20;/h3-5,8H,1-2,6-7,9-10,15H2,(H,16,18);1H. The average Bonchev–Trinajstić information content (AvgIpc) is 2.88. The summed E-state index contributed by atoms with van der Waals surface area (Å²) in [4.78, 5) is 22.3. The summed E-state index contributed by atoms with van der Waals surface area (Å²) in [5.74, 6) is -0.127. The van der Waals surface area contributed by atoms with E-state index in [-0.39, 0.29) is 36.0 Å². The lowest BCUT2D eigenvalue weighted by molar-refractivity contribution is -0.384. The van der Waals surface area contributed by atoms with E-state index in [1.807, 2.05) is 0 Å². The Labute approximate surface area is 129 Å². The van der Waals surface area contributed by atoms with Gasteiger partial charge in [0, 0.05) is 18.7 Å². The molecule has 1 aliphatic carbocycles. The molecule has 1 aromatic rings. The van der Waals surface area contributed by atoms with Crippen molar-refractivity contribution in [2.75, 3.05) is 6.54 Å². The topological polar surface area (TPSA) is 98.3 Å². The van der Waals surface area contributed by atoms with Gasteiger partial charge < -0.3 is 11.1 Å². The zero-order valence-corrected chi connectivity index (χ0v) is 12.5. The van der Waals surface area contributed by atoms with Crippen LogP contribution in [0.3, 0.4) is 0 Å². The molecular formula is C14H20ClN3O3. The first-order valence-corrected chi connectivity index (χ1v) is 6.79. The molecule has 0 radical (unpaired) electrons. The molecule has 1 saturated carbocycles. The highest BCUT2D eigenvalue weighted by Crippen LogP contribution is 2.28. The smallest absolute Gasteiger partial charge is 0.269 e. The van der Waals surface area contributed by atoms with E-state index in [1.54, 1.807) is 12.1 Å². The van der Waals surface area contributed by atoms with E-state index in [0.29, 0.717) is 12.1 Å². The molecular weight excluding hydrogens is 294 g/mol. The number of non-ortho nitro benzene ring substituents is 1. The van der Waals surface area contributed by atoms with Crippen molar-refractivity contribution >= 4 is 24.0 Å². The molecule has 1 aromatic carbocycles. The van der Waals surface area contributed by atoms with Crippen molar-refractivity contribution in [1.29, 1.82) is 0 Å². The Bertz CT molecular complexity index is 516. The highest BCUT2D eigenvalue weighted by molar-refractivity contribution is 5.85. The van der Waals surface area contributed by atoms with Crippen molar-refractivity contribution in [3.05, 3.63) is 39.9 Å². The number of carbonyl (C=O) groups excluding carboxylic acids is 1. The number of nitrogens with two attached hydrogens (primary N) is 1. The zero-order chi connectivity index (χ0) is 14.6. The van der Waals surface area contributed by atoms with Crippen LogP contribution in [0.25, 0.3) is 0 Å². The van der Waals surface area contributed by atoms with Gasteiger partial charge in [0.05, 0.1) is 16.9 Å². The average molecular weight is 314 g/mol. The number of nitrogens with one attached hydrogen (secondary N) is 1. The van der Waals surface area contributed by atoms with Crippen molar-refractivity contribution in [2.45, 2.75) is 37.6 Å². The van der Waals surface area contributed by atoms with Gasteiger partial charge in [0.25, 0.3) is 5.69 Å². The third-order valence-corrected chi connectivity index (χ3v) is 3.84. The Morgan fingerprint density at radius 1 is 1.38 bits per heavy atom. The minimum Gasteiger partial charge on any atom is -0.349 e. The molecule has 0 heterocycles. The lowest BCUT2D eigenvalue weighted by Crippen LogP contribution is -2.52. The van der Waals surface area contributed by atoms with E-state index in [4.69, 9.17) is 5.73 Å². The molecule has 0 bridgehead atoms. The van der Waals surface area contributed by atoms with Gasteiger partial charge in [0.1, 0.15) is 0 Å². The number of nitro benzene ring substituents is 1. The molecule has 0 spiro atoms. The van der Waals surface area contributed by atoms with Crippen molar-refractivity contribution in [2.24, 2.45) is 5.73 Å². The molecule has 3 N–H and O–H groups in total. The molecule has 7 heteroatoms. The first kappa shape index (κ1) is 17.4. The minimum absolute atomic E-state index is 0. The van der Waals surface area contributed by atoms with Crippen LogP contribution in [0.4, 0.5) is 5.69 Å². The fraction of sp³-hybridized carbons (Fsp3) is 0.500. The second-order valence-corrected chi connectivity index (χ2v) is 5.34. The summed E-state index contributed by atoms with van der Waals surface area (Å²) in [7, 11) is 0. The van der Waals surface area contributed by atoms with Crippen molar-refractivity contribution in [3.8, 4) is 0 Å². The summed E-state index contributed by atoms with van der Waals surface area (Å²) in [6.45, 7) is 0.438. The fourth-order valence-electron chi connectivity index (χ4n) is 2.74. The monoisotopic (exact) mass is 313 g/mol. The summed E-state index contributed by atoms with van der Waals surface area (Å²) in [5.41, 5.74) is 6.14. The molecule has 0 unspecified atom stereocenters. The van der Waals surface area contributed by atoms with Gasteiger partial charge in [0.2, 0.25) is 5.91 Å². The summed E-state index contributed by atoms with van der Waals surface area (Å²) >= 11 is 0. The SMILES string of the molecule is Cl.NCC1(NC(=O)Cc2cccc([N+](=O)[O-])c2)CCCC1. The molecule has 1 aliphatic rings. The lowest BCUT2D eigenvalue weighted by Gasteiger charge is -2.28. The number of carbonyl (C=O) groups is 1. The van der Waals surface area contributed by atoms with Gasteiger partial charge in [-0.15, -0.1) is 12.4 Å². The van der Waals surface area contributed by atoms with Gasteiger partial charge in [-0.05, 0) is 18.4 Å². The van der Waals surface area contributed by atoms with Gasteiger partial charge in [-0.2, -0.15) is 0 Å². The Balaban J connectivity index is 0.00000220. The van der Waals surface area contributed by atoms with Gasteiger partial charge in [-0.25, -0.2) is 0 Å². The van der Waals surface area contributed by atoms with Gasteiger partial charge in [-0.3, -0.25) is 14.9 Å². The Morgan fingerprint density at radius 3 is 2.62 bits per heavy atom. The number of hydrogen-bond acceptors (Lipinski definition) is 4.